The highest BCUT2D eigenvalue weighted by Gasteiger charge is 2.17. The molecule has 2 aromatic heterocycles. The highest BCUT2D eigenvalue weighted by Crippen LogP contribution is 2.31. The Balaban J connectivity index is 1.58. The molecule has 0 bridgehead atoms. The summed E-state index contributed by atoms with van der Waals surface area (Å²) in [7, 11) is 0. The van der Waals surface area contributed by atoms with E-state index in [0.717, 1.165) is 14.6 Å². The Hall–Kier alpha value is -1.93. The van der Waals surface area contributed by atoms with E-state index in [2.05, 4.69) is 20.4 Å². The number of thioether (sulfide) groups is 1. The molecule has 0 saturated carbocycles. The molecule has 114 valence electrons. The summed E-state index contributed by atoms with van der Waals surface area (Å²) < 4.78 is 6.87. The van der Waals surface area contributed by atoms with Crippen molar-refractivity contribution in [3.8, 4) is 0 Å². The Morgan fingerprint density at radius 2 is 2.23 bits per heavy atom. The van der Waals surface area contributed by atoms with E-state index >= 15 is 0 Å². The predicted molar refractivity (Wildman–Crippen MR) is 85.8 cm³/mol. The van der Waals surface area contributed by atoms with Crippen molar-refractivity contribution in [1.29, 1.82) is 0 Å². The Morgan fingerprint density at radius 3 is 2.95 bits per heavy atom. The van der Waals surface area contributed by atoms with Gasteiger partial charge in [0.05, 0.1) is 22.0 Å². The summed E-state index contributed by atoms with van der Waals surface area (Å²) in [6, 6.07) is 7.94. The van der Waals surface area contributed by atoms with E-state index in [0.29, 0.717) is 11.7 Å². The lowest BCUT2D eigenvalue weighted by molar-refractivity contribution is -0.120. The fourth-order valence-electron chi connectivity index (χ4n) is 1.83. The van der Waals surface area contributed by atoms with Crippen molar-refractivity contribution in [3.63, 3.8) is 0 Å². The van der Waals surface area contributed by atoms with Crippen LogP contribution < -0.4 is 5.32 Å². The number of carbonyl (C=O) groups is 1. The number of hydrogen-bond acceptors (Lipinski definition) is 7. The van der Waals surface area contributed by atoms with E-state index in [1.54, 1.807) is 18.3 Å². The number of benzene rings is 1. The Bertz CT molecular complexity index is 766. The summed E-state index contributed by atoms with van der Waals surface area (Å²) in [5, 5.41) is 6.30. The number of aromatic nitrogens is 3. The van der Waals surface area contributed by atoms with Crippen molar-refractivity contribution in [2.75, 3.05) is 0 Å². The highest BCUT2D eigenvalue weighted by atomic mass is 32.2. The molecule has 3 rings (SSSR count). The minimum Gasteiger partial charge on any atom is -0.348 e. The minimum absolute atomic E-state index is 0.0771. The molecule has 1 amide bonds. The molecule has 0 saturated heterocycles. The van der Waals surface area contributed by atoms with Gasteiger partial charge in [-0.25, -0.2) is 4.98 Å². The molecular weight excluding hydrogens is 320 g/mol. The van der Waals surface area contributed by atoms with Crippen molar-refractivity contribution >= 4 is 39.2 Å². The van der Waals surface area contributed by atoms with Gasteiger partial charge in [0.15, 0.2) is 10.2 Å². The van der Waals surface area contributed by atoms with Gasteiger partial charge >= 0.3 is 0 Å². The maximum absolute atomic E-state index is 12.1. The Labute approximate surface area is 135 Å². The van der Waals surface area contributed by atoms with Gasteiger partial charge in [-0.15, -0.1) is 11.3 Å². The molecule has 3 aromatic rings. The molecule has 0 radical (unpaired) electrons. The van der Waals surface area contributed by atoms with E-state index in [-0.39, 0.29) is 17.7 Å². The lowest BCUT2D eigenvalue weighted by Gasteiger charge is -2.08. The molecule has 6 nitrogen and oxygen atoms in total. The van der Waals surface area contributed by atoms with Crippen LogP contribution in [0.15, 0.2) is 33.1 Å². The molecule has 0 aliphatic rings. The zero-order valence-electron chi connectivity index (χ0n) is 12.1. The summed E-state index contributed by atoms with van der Waals surface area (Å²) in [6.07, 6.45) is 0. The van der Waals surface area contributed by atoms with Gasteiger partial charge in [0, 0.05) is 6.92 Å². The normalized spacial score (nSPS) is 12.5. The van der Waals surface area contributed by atoms with Crippen LogP contribution in [0, 0.1) is 6.92 Å². The number of carbonyl (C=O) groups excluding carboxylic acids is 1. The average Bonchev–Trinajstić information content (AvgIpc) is 3.09. The summed E-state index contributed by atoms with van der Waals surface area (Å²) in [5.74, 6) is 0.885. The Morgan fingerprint density at radius 1 is 1.41 bits per heavy atom. The second-order valence-corrected chi connectivity index (χ2v) is 7.27. The van der Waals surface area contributed by atoms with Crippen LogP contribution in [-0.2, 0) is 11.3 Å². The standard InChI is InChI=1S/C14H14N4O2S2/c1-8(13(19)15-7-12-16-9(2)20-18-12)21-14-17-10-5-3-4-6-11(10)22-14/h3-6,8H,7H2,1-2H3,(H,15,19). The molecule has 1 aromatic carbocycles. The molecule has 2 heterocycles. The van der Waals surface area contributed by atoms with Gasteiger partial charge in [-0.2, -0.15) is 4.98 Å². The fraction of sp³-hybridized carbons (Fsp3) is 0.286. The number of amides is 1. The number of fused-ring (bicyclic) bond motifs is 1. The highest BCUT2D eigenvalue weighted by molar-refractivity contribution is 8.02. The van der Waals surface area contributed by atoms with E-state index < -0.39 is 0 Å². The SMILES string of the molecule is Cc1nc(CNC(=O)C(C)Sc2nc3ccccc3s2)no1. The number of rotatable bonds is 5. The lowest BCUT2D eigenvalue weighted by atomic mass is 10.3. The van der Waals surface area contributed by atoms with Crippen molar-refractivity contribution in [3.05, 3.63) is 36.0 Å². The third kappa shape index (κ3) is 3.45. The third-order valence-electron chi connectivity index (χ3n) is 2.91. The third-order valence-corrected chi connectivity index (χ3v) is 5.14. The van der Waals surface area contributed by atoms with Crippen molar-refractivity contribution < 1.29 is 9.32 Å². The summed E-state index contributed by atoms with van der Waals surface area (Å²) >= 11 is 3.04. The monoisotopic (exact) mass is 334 g/mol. The zero-order chi connectivity index (χ0) is 15.5. The zero-order valence-corrected chi connectivity index (χ0v) is 13.7. The number of nitrogens with one attached hydrogen (secondary N) is 1. The van der Waals surface area contributed by atoms with Crippen LogP contribution in [0.1, 0.15) is 18.6 Å². The van der Waals surface area contributed by atoms with Crippen LogP contribution in [0.5, 0.6) is 0 Å². The molecule has 0 spiro atoms. The molecule has 0 aliphatic carbocycles. The first-order chi connectivity index (χ1) is 10.6. The van der Waals surface area contributed by atoms with E-state index in [1.165, 1.54) is 11.8 Å². The first kappa shape index (κ1) is 15.0. The molecule has 0 aliphatic heterocycles. The molecular formula is C14H14N4O2S2. The summed E-state index contributed by atoms with van der Waals surface area (Å²) in [5.41, 5.74) is 0.963. The smallest absolute Gasteiger partial charge is 0.233 e. The number of thiazole rings is 1. The van der Waals surface area contributed by atoms with Gasteiger partial charge in [0.25, 0.3) is 0 Å². The average molecular weight is 334 g/mol. The van der Waals surface area contributed by atoms with Gasteiger partial charge < -0.3 is 9.84 Å². The predicted octanol–water partition coefficient (Wildman–Crippen LogP) is 2.78. The van der Waals surface area contributed by atoms with Gasteiger partial charge in [0.2, 0.25) is 11.8 Å². The van der Waals surface area contributed by atoms with E-state index in [9.17, 15) is 4.79 Å². The Kier molecular flexibility index (Phi) is 4.39. The molecule has 1 atom stereocenters. The van der Waals surface area contributed by atoms with Crippen molar-refractivity contribution in [2.24, 2.45) is 0 Å². The molecule has 0 fully saturated rings. The first-order valence-corrected chi connectivity index (χ1v) is 8.40. The van der Waals surface area contributed by atoms with Crippen molar-refractivity contribution in [1.82, 2.24) is 20.4 Å². The first-order valence-electron chi connectivity index (χ1n) is 6.71. The maximum atomic E-state index is 12.1. The maximum Gasteiger partial charge on any atom is 0.233 e. The van der Waals surface area contributed by atoms with E-state index in [4.69, 9.17) is 4.52 Å². The molecule has 1 N–H and O–H groups in total. The fourth-order valence-corrected chi connectivity index (χ4v) is 4.06. The van der Waals surface area contributed by atoms with Gasteiger partial charge in [0.1, 0.15) is 0 Å². The second-order valence-electron chi connectivity index (χ2n) is 4.66. The van der Waals surface area contributed by atoms with E-state index in [1.807, 2.05) is 31.2 Å². The topological polar surface area (TPSA) is 80.9 Å². The number of nitrogens with zero attached hydrogens (tertiary/aromatic N) is 3. The quantitative estimate of drug-likeness (QED) is 0.723. The van der Waals surface area contributed by atoms with Crippen LogP contribution in [0.25, 0.3) is 10.2 Å². The largest absolute Gasteiger partial charge is 0.348 e. The van der Waals surface area contributed by atoms with Gasteiger partial charge in [-0.1, -0.05) is 29.1 Å². The molecule has 1 unspecified atom stereocenters. The number of hydrogen-bond donors (Lipinski definition) is 1. The summed E-state index contributed by atoms with van der Waals surface area (Å²) in [4.78, 5) is 20.7. The molecule has 8 heteroatoms. The van der Waals surface area contributed by atoms with Gasteiger partial charge in [-0.3, -0.25) is 4.79 Å². The van der Waals surface area contributed by atoms with Crippen LogP contribution in [-0.4, -0.2) is 26.3 Å². The minimum atomic E-state index is -0.242. The van der Waals surface area contributed by atoms with Crippen molar-refractivity contribution in [2.45, 2.75) is 30.0 Å². The van der Waals surface area contributed by atoms with Crippen LogP contribution in [0.3, 0.4) is 0 Å². The van der Waals surface area contributed by atoms with Crippen LogP contribution in [0.2, 0.25) is 0 Å². The van der Waals surface area contributed by atoms with Crippen LogP contribution in [0.4, 0.5) is 0 Å². The number of para-hydroxylation sites is 1. The molecule has 22 heavy (non-hydrogen) atoms. The number of aryl methyl sites for hydroxylation is 1. The van der Waals surface area contributed by atoms with Gasteiger partial charge in [-0.05, 0) is 19.1 Å². The lowest BCUT2D eigenvalue weighted by Crippen LogP contribution is -2.30. The summed E-state index contributed by atoms with van der Waals surface area (Å²) in [6.45, 7) is 3.83. The second kappa shape index (κ2) is 6.45. The van der Waals surface area contributed by atoms with Crippen LogP contribution >= 0.6 is 23.1 Å².